The van der Waals surface area contributed by atoms with Gasteiger partial charge in [-0.2, -0.15) is 0 Å². The van der Waals surface area contributed by atoms with E-state index >= 15 is 0 Å². The minimum Gasteiger partial charge on any atom is -0.462 e. The molecule has 1 fully saturated rings. The highest BCUT2D eigenvalue weighted by Gasteiger charge is 2.42. The van der Waals surface area contributed by atoms with Crippen LogP contribution in [0.2, 0.25) is 0 Å². The number of hydrogen-bond donors (Lipinski definition) is 1. The van der Waals surface area contributed by atoms with Gasteiger partial charge in [0, 0.05) is 6.42 Å². The summed E-state index contributed by atoms with van der Waals surface area (Å²) in [6.07, 6.45) is 12.9. The van der Waals surface area contributed by atoms with E-state index in [1.807, 2.05) is 0 Å². The molecule has 1 heterocycles. The van der Waals surface area contributed by atoms with Crippen LogP contribution in [0.4, 0.5) is 0 Å². The van der Waals surface area contributed by atoms with Gasteiger partial charge in [-0.3, -0.25) is 4.79 Å². The zero-order valence-electron chi connectivity index (χ0n) is 13.8. The van der Waals surface area contributed by atoms with Gasteiger partial charge < -0.3 is 9.84 Å². The lowest BCUT2D eigenvalue weighted by molar-refractivity contribution is -0.160. The lowest BCUT2D eigenvalue weighted by Gasteiger charge is -2.47. The van der Waals surface area contributed by atoms with E-state index in [2.05, 4.69) is 32.1 Å². The molecule has 122 valence electrons. The Labute approximate surface area is 133 Å². The second kappa shape index (κ2) is 6.19. The summed E-state index contributed by atoms with van der Waals surface area (Å²) >= 11 is 0. The molecule has 0 amide bonds. The van der Waals surface area contributed by atoms with Gasteiger partial charge in [0.1, 0.15) is 6.10 Å². The van der Waals surface area contributed by atoms with Gasteiger partial charge in [-0.05, 0) is 54.9 Å². The van der Waals surface area contributed by atoms with E-state index in [0.29, 0.717) is 18.3 Å². The molecule has 3 rings (SSSR count). The highest BCUT2D eigenvalue weighted by atomic mass is 16.5. The summed E-state index contributed by atoms with van der Waals surface area (Å²) in [6.45, 7) is 4.71. The van der Waals surface area contributed by atoms with E-state index < -0.39 is 6.10 Å². The lowest BCUT2D eigenvalue weighted by Crippen LogP contribution is -2.38. The molecule has 0 aromatic heterocycles. The predicted octanol–water partition coefficient (Wildman–Crippen LogP) is 3.77. The number of fused-ring (bicyclic) bond motifs is 1. The summed E-state index contributed by atoms with van der Waals surface area (Å²) < 4.78 is 5.42. The molecule has 0 bridgehead atoms. The fourth-order valence-electron chi connectivity index (χ4n) is 4.72. The molecule has 0 saturated carbocycles. The van der Waals surface area contributed by atoms with Crippen molar-refractivity contribution in [2.45, 2.75) is 71.0 Å². The molecule has 1 aliphatic heterocycles. The first-order valence-corrected chi connectivity index (χ1v) is 8.75. The second-order valence-corrected chi connectivity index (χ2v) is 7.58. The predicted molar refractivity (Wildman–Crippen MR) is 86.2 cm³/mol. The average molecular weight is 304 g/mol. The maximum absolute atomic E-state index is 11.5. The molecule has 1 saturated heterocycles. The van der Waals surface area contributed by atoms with Crippen molar-refractivity contribution in [1.29, 1.82) is 0 Å². The quantitative estimate of drug-likeness (QED) is 0.807. The van der Waals surface area contributed by atoms with Crippen LogP contribution in [-0.2, 0) is 9.53 Å². The van der Waals surface area contributed by atoms with Crippen LogP contribution in [0.3, 0.4) is 0 Å². The van der Waals surface area contributed by atoms with Crippen molar-refractivity contribution in [2.75, 3.05) is 0 Å². The van der Waals surface area contributed by atoms with Crippen molar-refractivity contribution in [3.8, 4) is 0 Å². The van der Waals surface area contributed by atoms with E-state index in [-0.39, 0.29) is 23.9 Å². The molecule has 3 nitrogen and oxygen atoms in total. The van der Waals surface area contributed by atoms with Crippen molar-refractivity contribution < 1.29 is 14.6 Å². The number of carbonyl (C=O) groups is 1. The Bertz CT molecular complexity index is 493. The normalized spacial score (nSPS) is 41.6. The SMILES string of the molecule is C[C@H]1C=CC2=CCCC[C@]2(C)[C@H]1CC[C@@H]1C[C@@H](O)CC(=O)O1. The number of ether oxygens (including phenoxy) is 1. The highest BCUT2D eigenvalue weighted by Crippen LogP contribution is 2.52. The largest absolute Gasteiger partial charge is 0.462 e. The number of hydrogen-bond acceptors (Lipinski definition) is 3. The van der Waals surface area contributed by atoms with Gasteiger partial charge in [-0.15, -0.1) is 0 Å². The number of rotatable bonds is 3. The molecule has 0 aromatic rings. The molecular formula is C19H28O3. The third-order valence-corrected chi connectivity index (χ3v) is 5.99. The third kappa shape index (κ3) is 3.01. The van der Waals surface area contributed by atoms with E-state index in [9.17, 15) is 9.90 Å². The van der Waals surface area contributed by atoms with Gasteiger partial charge in [-0.1, -0.05) is 32.1 Å². The van der Waals surface area contributed by atoms with Crippen molar-refractivity contribution in [1.82, 2.24) is 0 Å². The van der Waals surface area contributed by atoms with Crippen LogP contribution in [0, 0.1) is 17.3 Å². The van der Waals surface area contributed by atoms with E-state index in [4.69, 9.17) is 4.74 Å². The highest BCUT2D eigenvalue weighted by molar-refractivity contribution is 5.70. The van der Waals surface area contributed by atoms with Crippen molar-refractivity contribution in [3.63, 3.8) is 0 Å². The summed E-state index contributed by atoms with van der Waals surface area (Å²) in [5.41, 5.74) is 1.77. The molecule has 1 N–H and O–H groups in total. The maximum Gasteiger partial charge on any atom is 0.308 e. The Morgan fingerprint density at radius 2 is 2.23 bits per heavy atom. The molecule has 3 heteroatoms. The monoisotopic (exact) mass is 304 g/mol. The minimum absolute atomic E-state index is 0.103. The number of aliphatic hydroxyl groups excluding tert-OH is 1. The van der Waals surface area contributed by atoms with Gasteiger partial charge in [0.15, 0.2) is 0 Å². The van der Waals surface area contributed by atoms with Gasteiger partial charge in [-0.25, -0.2) is 0 Å². The Balaban J connectivity index is 1.68. The Morgan fingerprint density at radius 3 is 3.00 bits per heavy atom. The lowest BCUT2D eigenvalue weighted by atomic mass is 9.58. The Kier molecular flexibility index (Phi) is 4.44. The molecule has 2 aliphatic carbocycles. The van der Waals surface area contributed by atoms with Gasteiger partial charge in [0.05, 0.1) is 12.5 Å². The standard InChI is InChI=1S/C19H28O3/c1-13-6-7-14-5-3-4-10-19(14,2)17(13)9-8-16-11-15(20)12-18(21)22-16/h5-7,13,15-17,20H,3-4,8-12H2,1-2H3/t13-,15+,16+,17-,19-/m0/s1. The summed E-state index contributed by atoms with van der Waals surface area (Å²) in [5, 5.41) is 9.76. The number of cyclic esters (lactones) is 1. The van der Waals surface area contributed by atoms with Gasteiger partial charge in [0.25, 0.3) is 0 Å². The summed E-state index contributed by atoms with van der Waals surface area (Å²) in [6, 6.07) is 0. The van der Waals surface area contributed by atoms with Crippen molar-refractivity contribution >= 4 is 5.97 Å². The fourth-order valence-corrected chi connectivity index (χ4v) is 4.72. The van der Waals surface area contributed by atoms with Crippen molar-refractivity contribution in [2.24, 2.45) is 17.3 Å². The van der Waals surface area contributed by atoms with Gasteiger partial charge >= 0.3 is 5.97 Å². The molecular weight excluding hydrogens is 276 g/mol. The zero-order chi connectivity index (χ0) is 15.7. The smallest absolute Gasteiger partial charge is 0.308 e. The number of carbonyl (C=O) groups excluding carboxylic acids is 1. The first kappa shape index (κ1) is 15.8. The number of esters is 1. The molecule has 0 aromatic carbocycles. The minimum atomic E-state index is -0.518. The second-order valence-electron chi connectivity index (χ2n) is 7.58. The average Bonchev–Trinajstić information content (AvgIpc) is 2.45. The van der Waals surface area contributed by atoms with Crippen LogP contribution in [0.5, 0.6) is 0 Å². The third-order valence-electron chi connectivity index (χ3n) is 5.99. The summed E-state index contributed by atoms with van der Waals surface area (Å²) in [7, 11) is 0. The Morgan fingerprint density at radius 1 is 1.41 bits per heavy atom. The number of allylic oxidation sites excluding steroid dienone is 4. The van der Waals surface area contributed by atoms with Crippen LogP contribution in [0.1, 0.15) is 58.8 Å². The molecule has 3 aliphatic rings. The molecule has 0 radical (unpaired) electrons. The van der Waals surface area contributed by atoms with Crippen LogP contribution >= 0.6 is 0 Å². The first-order chi connectivity index (χ1) is 10.5. The summed E-state index contributed by atoms with van der Waals surface area (Å²) in [4.78, 5) is 11.5. The fraction of sp³-hybridized carbons (Fsp3) is 0.737. The van der Waals surface area contributed by atoms with E-state index in [1.165, 1.54) is 24.8 Å². The Hall–Kier alpha value is -1.09. The topological polar surface area (TPSA) is 46.5 Å². The van der Waals surface area contributed by atoms with Crippen LogP contribution in [-0.4, -0.2) is 23.3 Å². The molecule has 22 heavy (non-hydrogen) atoms. The maximum atomic E-state index is 11.5. The van der Waals surface area contributed by atoms with Crippen molar-refractivity contribution in [3.05, 3.63) is 23.8 Å². The first-order valence-electron chi connectivity index (χ1n) is 8.75. The van der Waals surface area contributed by atoms with Crippen LogP contribution in [0.25, 0.3) is 0 Å². The van der Waals surface area contributed by atoms with Gasteiger partial charge in [0.2, 0.25) is 0 Å². The molecule has 0 unspecified atom stereocenters. The van der Waals surface area contributed by atoms with E-state index in [0.717, 1.165) is 12.8 Å². The van der Waals surface area contributed by atoms with Crippen LogP contribution in [0.15, 0.2) is 23.8 Å². The van der Waals surface area contributed by atoms with Crippen LogP contribution < -0.4 is 0 Å². The van der Waals surface area contributed by atoms with E-state index in [1.54, 1.807) is 0 Å². The number of aliphatic hydroxyl groups is 1. The zero-order valence-corrected chi connectivity index (χ0v) is 13.8. The molecule has 0 spiro atoms. The molecule has 5 atom stereocenters. The summed E-state index contributed by atoms with van der Waals surface area (Å²) in [5.74, 6) is 0.913.